The zero-order valence-electron chi connectivity index (χ0n) is 20.4. The number of rotatable bonds is 3. The molecule has 0 saturated heterocycles. The third kappa shape index (κ3) is 3.96. The van der Waals surface area contributed by atoms with Gasteiger partial charge in [0.05, 0.1) is 10.7 Å². The average molecular weight is 511 g/mol. The van der Waals surface area contributed by atoms with Crippen molar-refractivity contribution in [3.05, 3.63) is 143 Å². The second-order valence-electron chi connectivity index (χ2n) is 9.32. The third-order valence-corrected chi connectivity index (χ3v) is 7.27. The van der Waals surface area contributed by atoms with Gasteiger partial charge in [-0.2, -0.15) is 0 Å². The van der Waals surface area contributed by atoms with Gasteiger partial charge in [-0.3, -0.25) is 0 Å². The van der Waals surface area contributed by atoms with Gasteiger partial charge in [0.15, 0.2) is 6.17 Å². The normalized spacial score (nSPS) is 15.4. The van der Waals surface area contributed by atoms with E-state index in [4.69, 9.17) is 21.6 Å². The molecule has 38 heavy (non-hydrogen) atoms. The predicted molar refractivity (Wildman–Crippen MR) is 157 cm³/mol. The molecule has 0 saturated carbocycles. The molecule has 5 aromatic carbocycles. The summed E-state index contributed by atoms with van der Waals surface area (Å²) in [5.74, 6) is 1.59. The Morgan fingerprint density at radius 1 is 0.526 bits per heavy atom. The summed E-state index contributed by atoms with van der Waals surface area (Å²) in [4.78, 5) is 10.0. The summed E-state index contributed by atoms with van der Waals surface area (Å²) < 4.78 is 0. The highest BCUT2D eigenvalue weighted by molar-refractivity contribution is 6.34. The number of nitrogens with zero attached hydrogens (tertiary/aromatic N) is 2. The van der Waals surface area contributed by atoms with Crippen molar-refractivity contribution in [3.63, 3.8) is 0 Å². The van der Waals surface area contributed by atoms with Crippen LogP contribution in [0.5, 0.6) is 0 Å². The van der Waals surface area contributed by atoms with Crippen LogP contribution in [0.1, 0.15) is 22.9 Å². The summed E-state index contributed by atoms with van der Waals surface area (Å²) in [6, 6.07) is 41.3. The maximum Gasteiger partial charge on any atom is 0.169 e. The second kappa shape index (κ2) is 9.33. The minimum Gasteiger partial charge on any atom is -0.353 e. The molecular formula is C33H23ClN4. The molecule has 0 spiro atoms. The van der Waals surface area contributed by atoms with E-state index in [1.165, 1.54) is 0 Å². The first-order valence-electron chi connectivity index (χ1n) is 12.6. The van der Waals surface area contributed by atoms with Crippen molar-refractivity contribution >= 4 is 34.6 Å². The van der Waals surface area contributed by atoms with Crippen molar-refractivity contribution in [1.82, 2.24) is 5.32 Å². The third-order valence-electron chi connectivity index (χ3n) is 6.96. The molecule has 7 rings (SSSR count). The minimum absolute atomic E-state index is 0.338. The zero-order chi connectivity index (χ0) is 25.5. The molecule has 0 amide bonds. The molecule has 5 heteroatoms. The lowest BCUT2D eigenvalue weighted by molar-refractivity contribution is 0.756. The highest BCUT2D eigenvalue weighted by Gasteiger charge is 2.24. The standard InChI is InChI=1S/C33H23ClN4/c34-28-17-9-16-26-24-14-7-8-15-25(24)27-20-23(18-19-29(27)35-30(26)28)33-37-31(21-10-3-1-4-11-21)36-32(38-33)22-12-5-2-6-13-22/h1-20,31,35H,(H,36,37,38). The van der Waals surface area contributed by atoms with Crippen molar-refractivity contribution in [2.45, 2.75) is 6.17 Å². The lowest BCUT2D eigenvalue weighted by Gasteiger charge is -2.23. The molecular weight excluding hydrogens is 488 g/mol. The van der Waals surface area contributed by atoms with Gasteiger partial charge < -0.3 is 10.6 Å². The summed E-state index contributed by atoms with van der Waals surface area (Å²) in [6.07, 6.45) is -0.338. The van der Waals surface area contributed by atoms with Gasteiger partial charge in [-0.15, -0.1) is 0 Å². The van der Waals surface area contributed by atoms with Gasteiger partial charge in [0.1, 0.15) is 11.7 Å². The molecule has 2 aliphatic heterocycles. The molecule has 1 unspecified atom stereocenters. The molecule has 182 valence electrons. The summed E-state index contributed by atoms with van der Waals surface area (Å²) >= 11 is 6.64. The van der Waals surface area contributed by atoms with Gasteiger partial charge >= 0.3 is 0 Å². The van der Waals surface area contributed by atoms with Crippen molar-refractivity contribution in [2.24, 2.45) is 9.98 Å². The Balaban J connectivity index is 1.37. The Morgan fingerprint density at radius 2 is 1.16 bits per heavy atom. The van der Waals surface area contributed by atoms with Crippen LogP contribution in [0.25, 0.3) is 22.3 Å². The maximum atomic E-state index is 6.64. The van der Waals surface area contributed by atoms with Crippen molar-refractivity contribution in [1.29, 1.82) is 0 Å². The van der Waals surface area contributed by atoms with E-state index in [1.54, 1.807) is 0 Å². The van der Waals surface area contributed by atoms with E-state index in [9.17, 15) is 0 Å². The van der Waals surface area contributed by atoms with Crippen LogP contribution in [0, 0.1) is 0 Å². The zero-order valence-corrected chi connectivity index (χ0v) is 21.2. The molecule has 0 radical (unpaired) electrons. The van der Waals surface area contributed by atoms with Gasteiger partial charge in [0, 0.05) is 27.9 Å². The number of anilines is 2. The van der Waals surface area contributed by atoms with Crippen LogP contribution < -0.4 is 10.6 Å². The fourth-order valence-corrected chi connectivity index (χ4v) is 5.32. The molecule has 2 N–H and O–H groups in total. The number of hydrogen-bond donors (Lipinski definition) is 2. The number of fused-ring (bicyclic) bond motifs is 5. The number of halogens is 1. The summed E-state index contributed by atoms with van der Waals surface area (Å²) in [5, 5.41) is 7.81. The molecule has 1 atom stereocenters. The summed E-state index contributed by atoms with van der Waals surface area (Å²) in [6.45, 7) is 0. The molecule has 0 aromatic heterocycles. The topological polar surface area (TPSA) is 48.8 Å². The van der Waals surface area contributed by atoms with Crippen LogP contribution in [0.2, 0.25) is 5.02 Å². The van der Waals surface area contributed by atoms with E-state index >= 15 is 0 Å². The van der Waals surface area contributed by atoms with Crippen LogP contribution in [0.3, 0.4) is 0 Å². The van der Waals surface area contributed by atoms with E-state index in [2.05, 4.69) is 83.4 Å². The Kier molecular flexibility index (Phi) is 5.53. The lowest BCUT2D eigenvalue weighted by Crippen LogP contribution is -2.36. The second-order valence-corrected chi connectivity index (χ2v) is 9.73. The number of nitrogens with one attached hydrogen (secondary N) is 2. The van der Waals surface area contributed by atoms with Gasteiger partial charge in [-0.05, 0) is 41.0 Å². The van der Waals surface area contributed by atoms with Gasteiger partial charge in [0.2, 0.25) is 0 Å². The van der Waals surface area contributed by atoms with E-state index < -0.39 is 0 Å². The summed E-state index contributed by atoms with van der Waals surface area (Å²) in [7, 11) is 0. The van der Waals surface area contributed by atoms with Crippen LogP contribution in [0.15, 0.2) is 131 Å². The molecule has 4 nitrogen and oxygen atoms in total. The number of benzene rings is 5. The average Bonchev–Trinajstić information content (AvgIpc) is 3.13. The minimum atomic E-state index is -0.338. The monoisotopic (exact) mass is 510 g/mol. The largest absolute Gasteiger partial charge is 0.353 e. The highest BCUT2D eigenvalue weighted by Crippen LogP contribution is 2.46. The molecule has 0 bridgehead atoms. The van der Waals surface area contributed by atoms with Crippen LogP contribution in [0.4, 0.5) is 11.4 Å². The van der Waals surface area contributed by atoms with E-state index in [1.807, 2.05) is 48.5 Å². The number of aliphatic imine (C=N–C) groups is 2. The first-order valence-corrected chi connectivity index (χ1v) is 13.0. The number of hydrogen-bond acceptors (Lipinski definition) is 4. The van der Waals surface area contributed by atoms with Gasteiger partial charge in [0.25, 0.3) is 0 Å². The van der Waals surface area contributed by atoms with Crippen LogP contribution in [-0.2, 0) is 0 Å². The van der Waals surface area contributed by atoms with Crippen molar-refractivity contribution in [3.8, 4) is 22.3 Å². The predicted octanol–water partition coefficient (Wildman–Crippen LogP) is 8.23. The molecule has 5 aromatic rings. The Bertz CT molecular complexity index is 1730. The summed E-state index contributed by atoms with van der Waals surface area (Å²) in [5.41, 5.74) is 9.44. The first-order chi connectivity index (χ1) is 18.7. The van der Waals surface area contributed by atoms with E-state index in [-0.39, 0.29) is 6.17 Å². The molecule has 0 aliphatic carbocycles. The van der Waals surface area contributed by atoms with Gasteiger partial charge in [-0.1, -0.05) is 109 Å². The van der Waals surface area contributed by atoms with Gasteiger partial charge in [-0.25, -0.2) is 9.98 Å². The smallest absolute Gasteiger partial charge is 0.169 e. The lowest BCUT2D eigenvalue weighted by atomic mass is 9.93. The Hall–Kier alpha value is -4.67. The van der Waals surface area contributed by atoms with E-state index in [0.717, 1.165) is 62.0 Å². The van der Waals surface area contributed by atoms with Crippen LogP contribution >= 0.6 is 11.6 Å². The molecule has 0 fully saturated rings. The number of amidine groups is 2. The Labute approximate surface area is 226 Å². The number of para-hydroxylation sites is 1. The highest BCUT2D eigenvalue weighted by atomic mass is 35.5. The fourth-order valence-electron chi connectivity index (χ4n) is 5.10. The molecule has 2 heterocycles. The van der Waals surface area contributed by atoms with Crippen molar-refractivity contribution in [2.75, 3.05) is 5.32 Å². The quantitative estimate of drug-likeness (QED) is 0.252. The fraction of sp³-hybridized carbons (Fsp3) is 0.0303. The first kappa shape index (κ1) is 22.5. The van der Waals surface area contributed by atoms with Crippen LogP contribution in [-0.4, -0.2) is 11.7 Å². The Morgan fingerprint density at radius 3 is 1.92 bits per heavy atom. The SMILES string of the molecule is Clc1cccc2c1Nc1ccc(C3=NC(c4ccccc4)N=C(c4ccccc4)N3)cc1-c1ccccc1-2. The molecule has 2 aliphatic rings. The maximum absolute atomic E-state index is 6.64. The van der Waals surface area contributed by atoms with E-state index in [0.29, 0.717) is 5.02 Å². The van der Waals surface area contributed by atoms with Crippen molar-refractivity contribution < 1.29 is 0 Å².